The zero-order valence-electron chi connectivity index (χ0n) is 24.6. The van der Waals surface area contributed by atoms with Gasteiger partial charge in [0.1, 0.15) is 19.0 Å². The fourth-order valence-electron chi connectivity index (χ4n) is 5.67. The van der Waals surface area contributed by atoms with Gasteiger partial charge in [-0.05, 0) is 51.6 Å². The van der Waals surface area contributed by atoms with Crippen molar-refractivity contribution in [2.24, 2.45) is 0 Å². The van der Waals surface area contributed by atoms with Crippen molar-refractivity contribution in [1.82, 2.24) is 10.2 Å². The van der Waals surface area contributed by atoms with Crippen molar-refractivity contribution in [3.8, 4) is 11.5 Å². The highest BCUT2D eigenvalue weighted by Crippen LogP contribution is 2.45. The number of ketones is 1. The maximum atomic E-state index is 13.7. The number of aromatic nitrogens is 2. The maximum Gasteiger partial charge on any atom is 0.301 e. The van der Waals surface area contributed by atoms with Crippen molar-refractivity contribution in [1.29, 1.82) is 0 Å². The lowest BCUT2D eigenvalue weighted by atomic mass is 9.93. The van der Waals surface area contributed by atoms with Crippen LogP contribution in [0.1, 0.15) is 48.1 Å². The number of fused-ring (bicyclic) bond motifs is 2. The Morgan fingerprint density at radius 3 is 2.51 bits per heavy atom. The van der Waals surface area contributed by atoms with Crippen LogP contribution in [0.3, 0.4) is 0 Å². The summed E-state index contributed by atoms with van der Waals surface area (Å²) in [6.07, 6.45) is 0. The minimum absolute atomic E-state index is 0.0193. The Hall–Kier alpha value is -4.67. The van der Waals surface area contributed by atoms with E-state index in [-0.39, 0.29) is 16.5 Å². The van der Waals surface area contributed by atoms with Crippen LogP contribution in [-0.2, 0) is 15.3 Å². The molecule has 0 aliphatic carbocycles. The number of aliphatic hydroxyl groups excluding tert-OH is 1. The first-order valence-electron chi connectivity index (χ1n) is 14.6. The molecule has 0 saturated carbocycles. The Kier molecular flexibility index (Phi) is 7.76. The zero-order valence-corrected chi connectivity index (χ0v) is 26.2. The predicted molar refractivity (Wildman–Crippen MR) is 176 cm³/mol. The molecule has 7 rings (SSSR count). The summed E-state index contributed by atoms with van der Waals surface area (Å²) in [6, 6.07) is 26.3. The van der Waals surface area contributed by atoms with Crippen LogP contribution in [0.4, 0.5) is 5.13 Å². The molecule has 1 fully saturated rings. The molecular weight excluding hydrogens is 607 g/mol. The van der Waals surface area contributed by atoms with E-state index in [4.69, 9.17) is 9.47 Å². The summed E-state index contributed by atoms with van der Waals surface area (Å²) in [5.74, 6) is 0.137. The number of amides is 1. The molecule has 2 aliphatic rings. The van der Waals surface area contributed by atoms with Gasteiger partial charge in [-0.15, -0.1) is 10.2 Å². The zero-order chi connectivity index (χ0) is 31.1. The van der Waals surface area contributed by atoms with Gasteiger partial charge in [0.2, 0.25) is 5.13 Å². The van der Waals surface area contributed by atoms with Crippen LogP contribution in [0, 0.1) is 0 Å². The molecule has 10 heteroatoms. The van der Waals surface area contributed by atoms with E-state index in [0.29, 0.717) is 51.9 Å². The lowest BCUT2D eigenvalue weighted by molar-refractivity contribution is -0.132. The van der Waals surface area contributed by atoms with Gasteiger partial charge in [-0.3, -0.25) is 14.5 Å². The van der Waals surface area contributed by atoms with Crippen LogP contribution in [0.2, 0.25) is 0 Å². The molecule has 1 aromatic heterocycles. The first kappa shape index (κ1) is 29.1. The van der Waals surface area contributed by atoms with Crippen molar-refractivity contribution >= 4 is 56.5 Å². The normalized spacial score (nSPS) is 17.4. The standard InChI is InChI=1S/C35H29N3O5S2/c1-20(2)21-10-12-23(13-11-21)30-29(31(39)24-14-15-27-28(18-24)43-17-16-42-27)32(40)33(41)38(30)34-36-37-35(45-34)44-19-25-8-5-7-22-6-3-4-9-26(22)25/h3-15,18,20,30,39H,16-17,19H2,1-2H3/b31-29-. The molecule has 0 spiro atoms. The largest absolute Gasteiger partial charge is 0.507 e. The quantitative estimate of drug-likeness (QED) is 0.0645. The van der Waals surface area contributed by atoms with E-state index in [0.717, 1.165) is 10.9 Å². The molecule has 1 saturated heterocycles. The summed E-state index contributed by atoms with van der Waals surface area (Å²) < 4.78 is 12.0. The molecule has 5 aromatic rings. The number of hydrogen-bond donors (Lipinski definition) is 1. The molecule has 1 atom stereocenters. The van der Waals surface area contributed by atoms with Gasteiger partial charge in [-0.1, -0.05) is 104 Å². The predicted octanol–water partition coefficient (Wildman–Crippen LogP) is 7.50. The number of nitrogens with zero attached hydrogens (tertiary/aromatic N) is 3. The number of ether oxygens (including phenoxy) is 2. The van der Waals surface area contributed by atoms with Gasteiger partial charge >= 0.3 is 5.91 Å². The van der Waals surface area contributed by atoms with Crippen LogP contribution in [0.5, 0.6) is 11.5 Å². The third-order valence-corrected chi connectivity index (χ3v) is 10.1. The summed E-state index contributed by atoms with van der Waals surface area (Å²) in [7, 11) is 0. The first-order valence-corrected chi connectivity index (χ1v) is 16.4. The molecular formula is C35H29N3O5S2. The average molecular weight is 636 g/mol. The van der Waals surface area contributed by atoms with Crippen molar-refractivity contribution in [3.05, 3.63) is 113 Å². The van der Waals surface area contributed by atoms with Gasteiger partial charge < -0.3 is 14.6 Å². The smallest absolute Gasteiger partial charge is 0.301 e. The highest BCUT2D eigenvalue weighted by Gasteiger charge is 2.48. The second-order valence-electron chi connectivity index (χ2n) is 11.1. The first-order chi connectivity index (χ1) is 21.9. The molecule has 45 heavy (non-hydrogen) atoms. The lowest BCUT2D eigenvalue weighted by Crippen LogP contribution is -2.29. The Bertz CT molecular complexity index is 1960. The molecule has 0 bridgehead atoms. The maximum absolute atomic E-state index is 13.7. The van der Waals surface area contributed by atoms with Crippen LogP contribution in [0.25, 0.3) is 16.5 Å². The van der Waals surface area contributed by atoms with Crippen LogP contribution in [-0.4, -0.2) is 40.2 Å². The topological polar surface area (TPSA) is 102 Å². The highest BCUT2D eigenvalue weighted by molar-refractivity contribution is 8.00. The SMILES string of the molecule is CC(C)c1ccc(C2/C(=C(/O)c3ccc4c(c3)OCCO4)C(=O)C(=O)N2c2nnc(SCc3cccc4ccccc34)s2)cc1. The van der Waals surface area contributed by atoms with E-state index in [9.17, 15) is 14.7 Å². The number of rotatable bonds is 7. The summed E-state index contributed by atoms with van der Waals surface area (Å²) in [5, 5.41) is 23.0. The van der Waals surface area contributed by atoms with Gasteiger partial charge in [0.15, 0.2) is 15.8 Å². The van der Waals surface area contributed by atoms with Gasteiger partial charge in [-0.25, -0.2) is 0 Å². The van der Waals surface area contributed by atoms with Crippen molar-refractivity contribution in [3.63, 3.8) is 0 Å². The van der Waals surface area contributed by atoms with E-state index < -0.39 is 17.7 Å². The average Bonchev–Trinajstić information content (AvgIpc) is 3.64. The molecule has 1 amide bonds. The number of aliphatic hydroxyl groups is 1. The number of carbonyl (C=O) groups is 2. The van der Waals surface area contributed by atoms with E-state index in [1.165, 1.54) is 38.9 Å². The molecule has 2 aliphatic heterocycles. The van der Waals surface area contributed by atoms with Gasteiger partial charge in [-0.2, -0.15) is 0 Å². The summed E-state index contributed by atoms with van der Waals surface area (Å²) in [6.45, 7) is 5.00. The molecule has 0 radical (unpaired) electrons. The molecule has 226 valence electrons. The summed E-state index contributed by atoms with van der Waals surface area (Å²) in [5.41, 5.74) is 3.29. The van der Waals surface area contributed by atoms with Crippen molar-refractivity contribution < 1.29 is 24.2 Å². The molecule has 1 unspecified atom stereocenters. The second kappa shape index (κ2) is 12.0. The molecule has 1 N–H and O–H groups in total. The van der Waals surface area contributed by atoms with Crippen LogP contribution < -0.4 is 14.4 Å². The van der Waals surface area contributed by atoms with E-state index >= 15 is 0 Å². The fourth-order valence-corrected chi connectivity index (χ4v) is 7.54. The fraction of sp³-hybridized carbons (Fsp3) is 0.200. The Morgan fingerprint density at radius 2 is 1.71 bits per heavy atom. The highest BCUT2D eigenvalue weighted by atomic mass is 32.2. The van der Waals surface area contributed by atoms with Crippen LogP contribution >= 0.6 is 23.1 Å². The molecule has 8 nitrogen and oxygen atoms in total. The van der Waals surface area contributed by atoms with E-state index in [1.807, 2.05) is 42.5 Å². The number of thioether (sulfide) groups is 1. The van der Waals surface area contributed by atoms with Crippen molar-refractivity contribution in [2.45, 2.75) is 35.9 Å². The van der Waals surface area contributed by atoms with Crippen LogP contribution in [0.15, 0.2) is 94.8 Å². The Morgan fingerprint density at radius 1 is 0.956 bits per heavy atom. The number of benzene rings is 4. The van der Waals surface area contributed by atoms with Crippen molar-refractivity contribution in [2.75, 3.05) is 18.1 Å². The number of hydrogen-bond acceptors (Lipinski definition) is 9. The Balaban J connectivity index is 1.26. The molecule has 3 heterocycles. The molecule has 4 aromatic carbocycles. The van der Waals surface area contributed by atoms with Gasteiger partial charge in [0.25, 0.3) is 5.78 Å². The third kappa shape index (κ3) is 5.44. The van der Waals surface area contributed by atoms with E-state index in [1.54, 1.807) is 18.2 Å². The third-order valence-electron chi connectivity index (χ3n) is 8.01. The number of anilines is 1. The van der Waals surface area contributed by atoms with E-state index in [2.05, 4.69) is 48.3 Å². The number of Topliss-reactive ketones (excluding diaryl/α,β-unsaturated/α-hetero) is 1. The summed E-state index contributed by atoms with van der Waals surface area (Å²) >= 11 is 2.77. The lowest BCUT2D eigenvalue weighted by Gasteiger charge is -2.23. The van der Waals surface area contributed by atoms with Gasteiger partial charge in [0, 0.05) is 11.3 Å². The Labute approximate surface area is 268 Å². The summed E-state index contributed by atoms with van der Waals surface area (Å²) in [4.78, 5) is 28.7. The van der Waals surface area contributed by atoms with Gasteiger partial charge in [0.05, 0.1) is 11.6 Å². The second-order valence-corrected chi connectivity index (χ2v) is 13.3. The minimum Gasteiger partial charge on any atom is -0.507 e. The monoisotopic (exact) mass is 635 g/mol. The minimum atomic E-state index is -0.900. The number of carbonyl (C=O) groups excluding carboxylic acids is 2.